The van der Waals surface area contributed by atoms with Crippen LogP contribution in [0.5, 0.6) is 0 Å². The van der Waals surface area contributed by atoms with E-state index in [0.29, 0.717) is 29.6 Å². The molecule has 182 valence electrons. The van der Waals surface area contributed by atoms with Crippen molar-refractivity contribution in [1.82, 2.24) is 19.5 Å². The average Bonchev–Trinajstić information content (AvgIpc) is 3.38. The van der Waals surface area contributed by atoms with E-state index in [4.69, 9.17) is 30.5 Å². The Morgan fingerprint density at radius 3 is 2.46 bits per heavy atom. The van der Waals surface area contributed by atoms with Gasteiger partial charge in [-0.3, -0.25) is 14.2 Å². The van der Waals surface area contributed by atoms with Crippen molar-refractivity contribution in [3.63, 3.8) is 0 Å². The minimum absolute atomic E-state index is 0.139. The zero-order valence-electron chi connectivity index (χ0n) is 18.8. The maximum absolute atomic E-state index is 12.8. The summed E-state index contributed by atoms with van der Waals surface area (Å²) in [5.74, 6) is -1.75. The van der Waals surface area contributed by atoms with Crippen molar-refractivity contribution in [2.75, 3.05) is 0 Å². The van der Waals surface area contributed by atoms with Gasteiger partial charge >= 0.3 is 17.9 Å². The first-order valence-electron chi connectivity index (χ1n) is 10.9. The highest BCUT2D eigenvalue weighted by Gasteiger charge is 2.68. The molecule has 0 bridgehead atoms. The molecule has 3 aromatic rings. The number of nitrogens with zero attached hydrogens (tertiary/aromatic N) is 4. The molecule has 2 aliphatic rings. The van der Waals surface area contributed by atoms with Gasteiger partial charge in [0.15, 0.2) is 29.2 Å². The minimum Gasteiger partial charge on any atom is -0.456 e. The van der Waals surface area contributed by atoms with Crippen molar-refractivity contribution >= 4 is 40.7 Å². The van der Waals surface area contributed by atoms with Crippen LogP contribution in [0.15, 0.2) is 43.0 Å². The van der Waals surface area contributed by atoms with Gasteiger partial charge in [-0.2, -0.15) is 0 Å². The predicted octanol–water partition coefficient (Wildman–Crippen LogP) is 2.63. The Hall–Kier alpha value is -3.57. The summed E-state index contributed by atoms with van der Waals surface area (Å²) in [6.07, 6.45) is -0.297. The van der Waals surface area contributed by atoms with Gasteiger partial charge in [-0.15, -0.1) is 0 Å². The molecule has 11 nitrogen and oxygen atoms in total. The van der Waals surface area contributed by atoms with E-state index in [0.717, 1.165) is 0 Å². The number of carbonyl (C=O) groups is 3. The van der Waals surface area contributed by atoms with Crippen LogP contribution in [0.25, 0.3) is 11.2 Å². The molecule has 2 fully saturated rings. The first kappa shape index (κ1) is 23.2. The molecule has 1 aromatic carbocycles. The predicted molar refractivity (Wildman–Crippen MR) is 119 cm³/mol. The highest BCUT2D eigenvalue weighted by Crippen LogP contribution is 2.53. The molecule has 1 saturated heterocycles. The average molecular weight is 501 g/mol. The van der Waals surface area contributed by atoms with Gasteiger partial charge in [-0.25, -0.2) is 19.7 Å². The molecule has 1 aliphatic heterocycles. The third kappa shape index (κ3) is 4.00. The summed E-state index contributed by atoms with van der Waals surface area (Å²) in [6, 6.07) is 8.52. The summed E-state index contributed by atoms with van der Waals surface area (Å²) >= 11 is 6.15. The molecule has 1 spiro atoms. The number of hydrogen-bond acceptors (Lipinski definition) is 10. The lowest BCUT2D eigenvalue weighted by atomic mass is 9.72. The van der Waals surface area contributed by atoms with E-state index in [1.54, 1.807) is 30.3 Å². The number of rotatable bonds is 5. The van der Waals surface area contributed by atoms with E-state index in [1.165, 1.54) is 31.1 Å². The Kier molecular flexibility index (Phi) is 5.89. The summed E-state index contributed by atoms with van der Waals surface area (Å²) in [5.41, 5.74) is -0.210. The number of fused-ring (bicyclic) bond motifs is 1. The van der Waals surface area contributed by atoms with E-state index < -0.39 is 48.0 Å². The Morgan fingerprint density at radius 1 is 1.06 bits per heavy atom. The van der Waals surface area contributed by atoms with Crippen LogP contribution < -0.4 is 0 Å². The number of aromatic nitrogens is 4. The lowest BCUT2D eigenvalue weighted by molar-refractivity contribution is -0.221. The fourth-order valence-corrected chi connectivity index (χ4v) is 4.78. The molecular formula is C23H21ClN4O7. The largest absolute Gasteiger partial charge is 0.456 e. The fourth-order valence-electron chi connectivity index (χ4n) is 4.61. The highest BCUT2D eigenvalue weighted by molar-refractivity contribution is 6.33. The van der Waals surface area contributed by atoms with Crippen LogP contribution in [0, 0.1) is 0 Å². The molecule has 0 N–H and O–H groups in total. The second kappa shape index (κ2) is 8.90. The molecular weight excluding hydrogens is 480 g/mol. The normalized spacial score (nSPS) is 27.4. The lowest BCUT2D eigenvalue weighted by Crippen LogP contribution is -2.62. The summed E-state index contributed by atoms with van der Waals surface area (Å²) in [4.78, 5) is 49.3. The van der Waals surface area contributed by atoms with Crippen molar-refractivity contribution in [2.45, 2.75) is 56.8 Å². The molecule has 3 heterocycles. The van der Waals surface area contributed by atoms with Gasteiger partial charge in [0.2, 0.25) is 0 Å². The highest BCUT2D eigenvalue weighted by atomic mass is 35.5. The quantitative estimate of drug-likeness (QED) is 0.292. The Balaban J connectivity index is 1.54. The van der Waals surface area contributed by atoms with Crippen LogP contribution >= 0.6 is 11.6 Å². The number of halogens is 1. The third-order valence-corrected chi connectivity index (χ3v) is 6.46. The van der Waals surface area contributed by atoms with Gasteiger partial charge in [0, 0.05) is 13.8 Å². The molecule has 12 heteroatoms. The van der Waals surface area contributed by atoms with Crippen molar-refractivity contribution in [3.8, 4) is 0 Å². The van der Waals surface area contributed by atoms with Crippen LogP contribution in [-0.2, 0) is 28.5 Å². The molecule has 0 amide bonds. The molecule has 0 radical (unpaired) electrons. The smallest absolute Gasteiger partial charge is 0.338 e. The summed E-state index contributed by atoms with van der Waals surface area (Å²) in [5, 5.41) is 0.139. The SMILES string of the molecule is CC(=O)OC1[C@H](OC(C)=O)[C@H](n2cnc3c(Cl)ncnc32)O[C@@]12CC[C@@H]2OC(=O)c1ccccc1. The molecule has 1 saturated carbocycles. The van der Waals surface area contributed by atoms with E-state index in [9.17, 15) is 14.4 Å². The van der Waals surface area contributed by atoms with E-state index in [-0.39, 0.29) is 5.15 Å². The van der Waals surface area contributed by atoms with Gasteiger partial charge in [-0.1, -0.05) is 29.8 Å². The van der Waals surface area contributed by atoms with Crippen LogP contribution in [-0.4, -0.2) is 61.3 Å². The first-order chi connectivity index (χ1) is 16.8. The zero-order valence-corrected chi connectivity index (χ0v) is 19.5. The Labute approximate surface area is 204 Å². The third-order valence-electron chi connectivity index (χ3n) is 6.19. The van der Waals surface area contributed by atoms with Crippen LogP contribution in [0.3, 0.4) is 0 Å². The first-order valence-corrected chi connectivity index (χ1v) is 11.3. The zero-order chi connectivity index (χ0) is 24.7. The second-order valence-corrected chi connectivity index (χ2v) is 8.71. The number of esters is 3. The molecule has 5 rings (SSSR count). The molecule has 1 aliphatic carbocycles. The Morgan fingerprint density at radius 2 is 1.80 bits per heavy atom. The second-order valence-electron chi connectivity index (χ2n) is 8.35. The van der Waals surface area contributed by atoms with Crippen LogP contribution in [0.4, 0.5) is 0 Å². The lowest BCUT2D eigenvalue weighted by Gasteiger charge is -2.47. The number of benzene rings is 1. The number of hydrogen-bond donors (Lipinski definition) is 0. The van der Waals surface area contributed by atoms with Gasteiger partial charge in [0.25, 0.3) is 0 Å². The van der Waals surface area contributed by atoms with Crippen molar-refractivity contribution < 1.29 is 33.3 Å². The maximum atomic E-state index is 12.8. The monoisotopic (exact) mass is 500 g/mol. The van der Waals surface area contributed by atoms with E-state index in [1.807, 2.05) is 0 Å². The molecule has 2 aromatic heterocycles. The van der Waals surface area contributed by atoms with Crippen molar-refractivity contribution in [2.24, 2.45) is 0 Å². The number of ether oxygens (including phenoxy) is 4. The summed E-state index contributed by atoms with van der Waals surface area (Å²) in [6.45, 7) is 2.49. The van der Waals surface area contributed by atoms with Gasteiger partial charge in [0.05, 0.1) is 11.9 Å². The van der Waals surface area contributed by atoms with E-state index in [2.05, 4.69) is 15.0 Å². The van der Waals surface area contributed by atoms with Gasteiger partial charge in [-0.05, 0) is 25.0 Å². The topological polar surface area (TPSA) is 132 Å². The summed E-state index contributed by atoms with van der Waals surface area (Å²) < 4.78 is 25.0. The maximum Gasteiger partial charge on any atom is 0.338 e. The van der Waals surface area contributed by atoms with Crippen molar-refractivity contribution in [3.05, 3.63) is 53.7 Å². The Bertz CT molecular complexity index is 1300. The molecule has 5 atom stereocenters. The van der Waals surface area contributed by atoms with Crippen molar-refractivity contribution in [1.29, 1.82) is 0 Å². The minimum atomic E-state index is -1.24. The van der Waals surface area contributed by atoms with Crippen LogP contribution in [0.2, 0.25) is 5.15 Å². The standard InChI is InChI=1S/C23H21ClN4O7/c1-12(29)32-17-18(33-13(2)30)23(9-8-15(23)34-22(31)14-6-4-3-5-7-14)35-21(17)28-11-27-16-19(24)25-10-26-20(16)28/h3-7,10-11,15,17-18,21H,8-9H2,1-2H3/t15-,17-,18?,21+,23+/m0/s1. The summed E-state index contributed by atoms with van der Waals surface area (Å²) in [7, 11) is 0. The molecule has 35 heavy (non-hydrogen) atoms. The number of carbonyl (C=O) groups excluding carboxylic acids is 3. The molecule has 1 unspecified atom stereocenters. The fraction of sp³-hybridized carbons (Fsp3) is 0.391. The number of imidazole rings is 1. The van der Waals surface area contributed by atoms with E-state index >= 15 is 0 Å². The van der Waals surface area contributed by atoms with Gasteiger partial charge in [0.1, 0.15) is 23.5 Å². The van der Waals surface area contributed by atoms with Crippen LogP contribution in [0.1, 0.15) is 43.3 Å². The van der Waals surface area contributed by atoms with Gasteiger partial charge < -0.3 is 18.9 Å².